The summed E-state index contributed by atoms with van der Waals surface area (Å²) in [7, 11) is 0. The lowest BCUT2D eigenvalue weighted by Crippen LogP contribution is -1.99. The molecule has 0 bridgehead atoms. The summed E-state index contributed by atoms with van der Waals surface area (Å²) in [5.74, 6) is -0.393. The Labute approximate surface area is 84.6 Å². The molecule has 0 radical (unpaired) electrons. The maximum absolute atomic E-state index is 10.4. The van der Waals surface area contributed by atoms with Gasteiger partial charge in [-0.15, -0.1) is 0 Å². The molecule has 1 rings (SSSR count). The Kier molecular flexibility index (Phi) is 3.69. The van der Waals surface area contributed by atoms with E-state index in [1.165, 1.54) is 11.1 Å². The first-order chi connectivity index (χ1) is 6.59. The van der Waals surface area contributed by atoms with Crippen molar-refractivity contribution < 1.29 is 9.90 Å². The highest BCUT2D eigenvalue weighted by Gasteiger charge is 2.07. The van der Waals surface area contributed by atoms with Gasteiger partial charge >= 0.3 is 5.97 Å². The first-order valence-corrected chi connectivity index (χ1v) is 4.88. The average molecular weight is 192 g/mol. The zero-order chi connectivity index (χ0) is 10.6. The van der Waals surface area contributed by atoms with Gasteiger partial charge in [0.15, 0.2) is 0 Å². The van der Waals surface area contributed by atoms with Gasteiger partial charge in [-0.25, -0.2) is 0 Å². The normalized spacial score (nSPS) is 12.4. The van der Waals surface area contributed by atoms with Crippen LogP contribution < -0.4 is 0 Å². The van der Waals surface area contributed by atoms with Crippen molar-refractivity contribution in [1.29, 1.82) is 0 Å². The van der Waals surface area contributed by atoms with Crippen LogP contribution in [0.4, 0.5) is 0 Å². The Morgan fingerprint density at radius 1 is 1.36 bits per heavy atom. The highest BCUT2D eigenvalue weighted by atomic mass is 16.4. The summed E-state index contributed by atoms with van der Waals surface area (Å²) >= 11 is 0. The summed E-state index contributed by atoms with van der Waals surface area (Å²) in [6, 6.07) is 8.27. The lowest BCUT2D eigenvalue weighted by atomic mass is 9.95. The fourth-order valence-corrected chi connectivity index (χ4v) is 1.40. The van der Waals surface area contributed by atoms with Crippen LogP contribution in [0.25, 0.3) is 0 Å². The van der Waals surface area contributed by atoms with Crippen molar-refractivity contribution in [3.05, 3.63) is 35.4 Å². The van der Waals surface area contributed by atoms with Crippen molar-refractivity contribution in [3.63, 3.8) is 0 Å². The number of hydrogen-bond donors (Lipinski definition) is 1. The van der Waals surface area contributed by atoms with Crippen LogP contribution in [0.2, 0.25) is 0 Å². The second-order valence-corrected chi connectivity index (χ2v) is 3.74. The van der Waals surface area contributed by atoms with Crippen LogP contribution in [0, 0.1) is 6.92 Å². The molecular formula is C12H16O2. The predicted molar refractivity (Wildman–Crippen MR) is 56.5 cm³/mol. The van der Waals surface area contributed by atoms with E-state index in [-0.39, 0.29) is 6.42 Å². The van der Waals surface area contributed by atoms with Gasteiger partial charge in [-0.3, -0.25) is 4.79 Å². The summed E-state index contributed by atoms with van der Waals surface area (Å²) < 4.78 is 0. The van der Waals surface area contributed by atoms with Crippen LogP contribution in [0.5, 0.6) is 0 Å². The van der Waals surface area contributed by atoms with Crippen LogP contribution in [-0.2, 0) is 4.79 Å². The molecular weight excluding hydrogens is 176 g/mol. The van der Waals surface area contributed by atoms with E-state index in [2.05, 4.69) is 31.2 Å². The molecule has 14 heavy (non-hydrogen) atoms. The highest BCUT2D eigenvalue weighted by molar-refractivity contribution is 5.66. The van der Waals surface area contributed by atoms with Crippen LogP contribution in [-0.4, -0.2) is 11.1 Å². The van der Waals surface area contributed by atoms with E-state index in [1.807, 2.05) is 6.92 Å². The zero-order valence-corrected chi connectivity index (χ0v) is 8.66. The summed E-state index contributed by atoms with van der Waals surface area (Å²) in [6.07, 6.45) is 0.952. The average Bonchev–Trinajstić information content (AvgIpc) is 2.15. The highest BCUT2D eigenvalue weighted by Crippen LogP contribution is 2.20. The Balaban J connectivity index is 2.56. The lowest BCUT2D eigenvalue weighted by molar-refractivity contribution is -0.137. The molecule has 0 aliphatic rings. The van der Waals surface area contributed by atoms with Crippen molar-refractivity contribution >= 4 is 5.97 Å². The van der Waals surface area contributed by atoms with Crippen LogP contribution in [0.15, 0.2) is 24.3 Å². The van der Waals surface area contributed by atoms with E-state index in [1.54, 1.807) is 0 Å². The third kappa shape index (κ3) is 3.21. The number of aliphatic carboxylic acids is 1. The van der Waals surface area contributed by atoms with E-state index < -0.39 is 5.97 Å². The number of carboxylic acid groups (broad SMARTS) is 1. The molecule has 0 saturated carbocycles. The third-order valence-corrected chi connectivity index (χ3v) is 2.44. The van der Waals surface area contributed by atoms with Gasteiger partial charge in [0, 0.05) is 6.42 Å². The number of rotatable bonds is 4. The quantitative estimate of drug-likeness (QED) is 0.796. The van der Waals surface area contributed by atoms with Crippen molar-refractivity contribution in [1.82, 2.24) is 0 Å². The fourth-order valence-electron chi connectivity index (χ4n) is 1.40. The first-order valence-electron chi connectivity index (χ1n) is 4.88. The van der Waals surface area contributed by atoms with E-state index in [4.69, 9.17) is 5.11 Å². The molecule has 1 atom stereocenters. The van der Waals surface area contributed by atoms with Gasteiger partial charge in [0.05, 0.1) is 0 Å². The van der Waals surface area contributed by atoms with Gasteiger partial charge in [0.25, 0.3) is 0 Å². The molecule has 0 fully saturated rings. The van der Waals surface area contributed by atoms with Gasteiger partial charge in [-0.05, 0) is 24.8 Å². The number of aryl methyl sites for hydroxylation is 1. The predicted octanol–water partition coefficient (Wildman–Crippen LogP) is 2.96. The monoisotopic (exact) mass is 192 g/mol. The van der Waals surface area contributed by atoms with E-state index in [0.717, 1.165) is 0 Å². The van der Waals surface area contributed by atoms with Crippen LogP contribution in [0.3, 0.4) is 0 Å². The molecule has 2 heteroatoms. The summed E-state index contributed by atoms with van der Waals surface area (Å²) in [5.41, 5.74) is 2.45. The van der Waals surface area contributed by atoms with Crippen molar-refractivity contribution in [2.75, 3.05) is 0 Å². The van der Waals surface area contributed by atoms with Gasteiger partial charge in [0.2, 0.25) is 0 Å². The smallest absolute Gasteiger partial charge is 0.303 e. The lowest BCUT2D eigenvalue weighted by Gasteiger charge is -2.10. The standard InChI is InChI=1S/C12H16O2/c1-9-3-6-11(7-4-9)10(2)5-8-12(13)14/h3-4,6-7,10H,5,8H2,1-2H3,(H,13,14)/t10-/m0/s1. The topological polar surface area (TPSA) is 37.3 Å². The van der Waals surface area contributed by atoms with Gasteiger partial charge in [-0.1, -0.05) is 36.8 Å². The number of carbonyl (C=O) groups is 1. The maximum atomic E-state index is 10.4. The SMILES string of the molecule is Cc1ccc([C@@H](C)CCC(=O)O)cc1. The molecule has 1 N–H and O–H groups in total. The molecule has 76 valence electrons. The minimum Gasteiger partial charge on any atom is -0.481 e. The van der Waals surface area contributed by atoms with E-state index >= 15 is 0 Å². The molecule has 2 nitrogen and oxygen atoms in total. The van der Waals surface area contributed by atoms with Crippen LogP contribution >= 0.6 is 0 Å². The second-order valence-electron chi connectivity index (χ2n) is 3.74. The summed E-state index contributed by atoms with van der Waals surface area (Å²) in [6.45, 7) is 4.11. The number of hydrogen-bond acceptors (Lipinski definition) is 1. The molecule has 0 aromatic heterocycles. The van der Waals surface area contributed by atoms with Crippen molar-refractivity contribution in [3.8, 4) is 0 Å². The van der Waals surface area contributed by atoms with Crippen molar-refractivity contribution in [2.45, 2.75) is 32.6 Å². The fraction of sp³-hybridized carbons (Fsp3) is 0.417. The minimum atomic E-state index is -0.719. The Hall–Kier alpha value is -1.31. The van der Waals surface area contributed by atoms with Crippen molar-refractivity contribution in [2.24, 2.45) is 0 Å². The summed E-state index contributed by atoms with van der Waals surface area (Å²) in [4.78, 5) is 10.4. The third-order valence-electron chi connectivity index (χ3n) is 2.44. The van der Waals surface area contributed by atoms with E-state index in [0.29, 0.717) is 12.3 Å². The Bertz CT molecular complexity index is 301. The van der Waals surface area contributed by atoms with E-state index in [9.17, 15) is 4.79 Å². The Morgan fingerprint density at radius 2 is 1.93 bits per heavy atom. The molecule has 1 aromatic rings. The first kappa shape index (κ1) is 10.8. The molecule has 0 unspecified atom stereocenters. The molecule has 0 aliphatic heterocycles. The molecule has 0 aliphatic carbocycles. The Morgan fingerprint density at radius 3 is 2.43 bits per heavy atom. The number of benzene rings is 1. The molecule has 1 aromatic carbocycles. The molecule has 0 amide bonds. The largest absolute Gasteiger partial charge is 0.481 e. The zero-order valence-electron chi connectivity index (χ0n) is 8.66. The summed E-state index contributed by atoms with van der Waals surface area (Å²) in [5, 5.41) is 8.55. The van der Waals surface area contributed by atoms with Crippen LogP contribution in [0.1, 0.15) is 36.8 Å². The minimum absolute atomic E-state index is 0.245. The van der Waals surface area contributed by atoms with Gasteiger partial charge in [-0.2, -0.15) is 0 Å². The molecule has 0 spiro atoms. The maximum Gasteiger partial charge on any atom is 0.303 e. The number of carboxylic acids is 1. The molecule has 0 saturated heterocycles. The van der Waals surface area contributed by atoms with Gasteiger partial charge < -0.3 is 5.11 Å². The molecule has 0 heterocycles. The second kappa shape index (κ2) is 4.80. The van der Waals surface area contributed by atoms with Gasteiger partial charge in [0.1, 0.15) is 0 Å².